The summed E-state index contributed by atoms with van der Waals surface area (Å²) >= 11 is 0. The van der Waals surface area contributed by atoms with Crippen molar-refractivity contribution in [3.8, 4) is 0 Å². The average Bonchev–Trinajstić information content (AvgIpc) is 2.41. The van der Waals surface area contributed by atoms with Crippen molar-refractivity contribution in [2.45, 2.75) is 6.61 Å². The van der Waals surface area contributed by atoms with Crippen LogP contribution in [-0.2, 0) is 11.3 Å². The molecule has 0 bridgehead atoms. The maximum absolute atomic E-state index is 13.0. The number of nitrogens with zero attached hydrogens (tertiary/aromatic N) is 1. The Bertz CT molecular complexity index is 706. The zero-order valence-electron chi connectivity index (χ0n) is 9.63. The van der Waals surface area contributed by atoms with Crippen LogP contribution in [-0.4, -0.2) is 15.6 Å². The lowest BCUT2D eigenvalue weighted by atomic mass is 10.2. The second kappa shape index (κ2) is 5.30. The number of carbonyl (C=O) groups excluding carboxylic acids is 1. The number of benzene rings is 1. The molecule has 0 unspecified atom stereocenters. The van der Waals surface area contributed by atoms with E-state index in [2.05, 4.69) is 0 Å². The molecule has 1 aromatic carbocycles. The van der Waals surface area contributed by atoms with Crippen molar-refractivity contribution in [3.63, 3.8) is 0 Å². The first-order chi connectivity index (χ1) is 9.08. The van der Waals surface area contributed by atoms with E-state index in [1.807, 2.05) is 0 Å². The Morgan fingerprint density at radius 3 is 2.63 bits per heavy atom. The van der Waals surface area contributed by atoms with Crippen LogP contribution in [0.5, 0.6) is 0 Å². The van der Waals surface area contributed by atoms with Gasteiger partial charge in [-0.3, -0.25) is 9.78 Å². The fourth-order valence-corrected chi connectivity index (χ4v) is 1.37. The molecule has 0 aliphatic carbocycles. The van der Waals surface area contributed by atoms with E-state index in [9.17, 15) is 18.8 Å². The Morgan fingerprint density at radius 1 is 1.26 bits per heavy atom. The molecule has 19 heavy (non-hydrogen) atoms. The van der Waals surface area contributed by atoms with Crippen LogP contribution in [0.4, 0.5) is 9.18 Å². The molecule has 7 heteroatoms. The lowest BCUT2D eigenvalue weighted by molar-refractivity contribution is 0.139. The number of aromatic nitrogens is 2. The van der Waals surface area contributed by atoms with E-state index in [0.29, 0.717) is 16.3 Å². The highest BCUT2D eigenvalue weighted by molar-refractivity contribution is 5.69. The Hall–Kier alpha value is -2.70. The third kappa shape index (κ3) is 2.95. The van der Waals surface area contributed by atoms with Crippen molar-refractivity contribution in [2.24, 2.45) is 0 Å². The van der Waals surface area contributed by atoms with Crippen molar-refractivity contribution in [1.82, 2.24) is 9.55 Å². The monoisotopic (exact) mass is 264 g/mol. The lowest BCUT2D eigenvalue weighted by Gasteiger charge is -2.05. The molecular formula is C12H9FN2O4. The quantitative estimate of drug-likeness (QED) is 0.872. The molecule has 0 atom stereocenters. The second-order valence-corrected chi connectivity index (χ2v) is 3.65. The SMILES string of the molecule is O=C(OCc1ccccc1)n1cc(F)c(=O)[nH]c1=O. The average molecular weight is 264 g/mol. The van der Waals surface area contributed by atoms with Crippen LogP contribution in [0.25, 0.3) is 0 Å². The number of nitrogens with one attached hydrogen (secondary N) is 1. The zero-order chi connectivity index (χ0) is 13.8. The molecular weight excluding hydrogens is 255 g/mol. The van der Waals surface area contributed by atoms with Gasteiger partial charge < -0.3 is 4.74 Å². The Labute approximate surface area is 106 Å². The van der Waals surface area contributed by atoms with Crippen LogP contribution in [0.15, 0.2) is 46.1 Å². The number of halogens is 1. The Kier molecular flexibility index (Phi) is 3.56. The van der Waals surface area contributed by atoms with Gasteiger partial charge in [-0.2, -0.15) is 4.39 Å². The first-order valence-corrected chi connectivity index (χ1v) is 5.30. The highest BCUT2D eigenvalue weighted by Gasteiger charge is 2.12. The first-order valence-electron chi connectivity index (χ1n) is 5.30. The number of carbonyl (C=O) groups is 1. The van der Waals surface area contributed by atoms with Crippen LogP contribution in [0.2, 0.25) is 0 Å². The third-order valence-corrected chi connectivity index (χ3v) is 2.30. The van der Waals surface area contributed by atoms with Crippen LogP contribution >= 0.6 is 0 Å². The second-order valence-electron chi connectivity index (χ2n) is 3.65. The normalized spacial score (nSPS) is 10.2. The number of H-pyrrole nitrogens is 1. The molecule has 2 rings (SSSR count). The van der Waals surface area contributed by atoms with Gasteiger partial charge in [-0.1, -0.05) is 30.3 Å². The zero-order valence-corrected chi connectivity index (χ0v) is 9.63. The summed E-state index contributed by atoms with van der Waals surface area (Å²) in [4.78, 5) is 35.3. The number of hydrogen-bond donors (Lipinski definition) is 1. The number of aromatic amines is 1. The summed E-state index contributed by atoms with van der Waals surface area (Å²) in [5.74, 6) is -1.24. The van der Waals surface area contributed by atoms with Gasteiger partial charge in [0.1, 0.15) is 6.61 Å². The van der Waals surface area contributed by atoms with Crippen molar-refractivity contribution in [3.05, 3.63) is 68.7 Å². The molecule has 0 radical (unpaired) electrons. The largest absolute Gasteiger partial charge is 0.444 e. The van der Waals surface area contributed by atoms with Crippen LogP contribution in [0, 0.1) is 5.82 Å². The van der Waals surface area contributed by atoms with E-state index < -0.39 is 23.2 Å². The molecule has 1 heterocycles. The van der Waals surface area contributed by atoms with Gasteiger partial charge in [0.05, 0.1) is 6.20 Å². The van der Waals surface area contributed by atoms with Gasteiger partial charge in [-0.25, -0.2) is 14.2 Å². The summed E-state index contributed by atoms with van der Waals surface area (Å²) in [6.07, 6.45) is -0.571. The molecule has 98 valence electrons. The summed E-state index contributed by atoms with van der Waals surface area (Å²) in [5, 5.41) is 0. The van der Waals surface area contributed by atoms with Gasteiger partial charge in [0.25, 0.3) is 5.56 Å². The van der Waals surface area contributed by atoms with Crippen molar-refractivity contribution < 1.29 is 13.9 Å². The molecule has 0 fully saturated rings. The number of hydrogen-bond acceptors (Lipinski definition) is 4. The fourth-order valence-electron chi connectivity index (χ4n) is 1.37. The summed E-state index contributed by atoms with van der Waals surface area (Å²) < 4.78 is 18.2. The molecule has 1 aromatic heterocycles. The molecule has 0 aliphatic heterocycles. The molecule has 0 saturated heterocycles. The van der Waals surface area contributed by atoms with Gasteiger partial charge in [0, 0.05) is 0 Å². The van der Waals surface area contributed by atoms with E-state index in [1.54, 1.807) is 35.3 Å². The fraction of sp³-hybridized carbons (Fsp3) is 0.0833. The summed E-state index contributed by atoms with van der Waals surface area (Å²) in [5.41, 5.74) is -1.52. The number of ether oxygens (including phenoxy) is 1. The maximum atomic E-state index is 13.0. The van der Waals surface area contributed by atoms with Gasteiger partial charge in [0.15, 0.2) is 0 Å². The summed E-state index contributed by atoms with van der Waals surface area (Å²) in [7, 11) is 0. The lowest BCUT2D eigenvalue weighted by Crippen LogP contribution is -2.35. The highest BCUT2D eigenvalue weighted by Crippen LogP contribution is 2.01. The van der Waals surface area contributed by atoms with Gasteiger partial charge >= 0.3 is 11.8 Å². The third-order valence-electron chi connectivity index (χ3n) is 2.30. The van der Waals surface area contributed by atoms with E-state index in [1.165, 1.54) is 0 Å². The van der Waals surface area contributed by atoms with E-state index in [4.69, 9.17) is 4.74 Å². The minimum absolute atomic E-state index is 0.0626. The smallest absolute Gasteiger partial charge is 0.422 e. The molecule has 6 nitrogen and oxygen atoms in total. The first kappa shape index (κ1) is 12.7. The highest BCUT2D eigenvalue weighted by atomic mass is 19.1. The molecule has 0 amide bonds. The molecule has 0 saturated carbocycles. The molecule has 0 spiro atoms. The Balaban J connectivity index is 2.15. The topological polar surface area (TPSA) is 81.2 Å². The van der Waals surface area contributed by atoms with Crippen molar-refractivity contribution >= 4 is 6.09 Å². The summed E-state index contributed by atoms with van der Waals surface area (Å²) in [6.45, 7) is -0.0626. The standard InChI is InChI=1S/C12H9FN2O4/c13-9-6-15(11(17)14-10(9)16)12(18)19-7-8-4-2-1-3-5-8/h1-6H,7H2,(H,14,16,17). The molecule has 2 aromatic rings. The number of rotatable bonds is 2. The Morgan fingerprint density at radius 2 is 1.95 bits per heavy atom. The maximum Gasteiger partial charge on any atom is 0.422 e. The summed E-state index contributed by atoms with van der Waals surface area (Å²) in [6, 6.07) is 8.77. The van der Waals surface area contributed by atoms with Crippen molar-refractivity contribution in [1.29, 1.82) is 0 Å². The van der Waals surface area contributed by atoms with E-state index in [-0.39, 0.29) is 6.61 Å². The van der Waals surface area contributed by atoms with E-state index in [0.717, 1.165) is 0 Å². The van der Waals surface area contributed by atoms with Gasteiger partial charge in [0.2, 0.25) is 5.82 Å². The molecule has 0 aliphatic rings. The predicted molar refractivity (Wildman–Crippen MR) is 63.3 cm³/mol. The minimum atomic E-state index is -1.24. The van der Waals surface area contributed by atoms with Gasteiger partial charge in [-0.15, -0.1) is 0 Å². The van der Waals surface area contributed by atoms with Crippen LogP contribution in [0.1, 0.15) is 5.56 Å². The van der Waals surface area contributed by atoms with E-state index >= 15 is 0 Å². The van der Waals surface area contributed by atoms with Crippen LogP contribution in [0.3, 0.4) is 0 Å². The molecule has 1 N–H and O–H groups in total. The minimum Gasteiger partial charge on any atom is -0.444 e. The van der Waals surface area contributed by atoms with Crippen LogP contribution < -0.4 is 11.2 Å². The van der Waals surface area contributed by atoms with Gasteiger partial charge in [-0.05, 0) is 5.56 Å². The van der Waals surface area contributed by atoms with Crippen molar-refractivity contribution in [2.75, 3.05) is 0 Å². The predicted octanol–water partition coefficient (Wildman–Crippen LogP) is 0.861.